The molecule has 0 bridgehead atoms. The van der Waals surface area contributed by atoms with E-state index in [0.717, 1.165) is 19.2 Å². The van der Waals surface area contributed by atoms with Gasteiger partial charge in [-0.05, 0) is 28.1 Å². The molecule has 0 radical (unpaired) electrons. The minimum absolute atomic E-state index is 0.0212. The van der Waals surface area contributed by atoms with Crippen molar-refractivity contribution in [1.82, 2.24) is 0 Å². The molecule has 0 aliphatic heterocycles. The molecule has 19 heavy (non-hydrogen) atoms. The molecule has 0 saturated carbocycles. The first-order valence-corrected chi connectivity index (χ1v) is 7.79. The van der Waals surface area contributed by atoms with Crippen LogP contribution in [0.25, 0.3) is 0 Å². The molecule has 0 atom stereocenters. The van der Waals surface area contributed by atoms with Crippen molar-refractivity contribution >= 4 is 49.2 Å². The number of anilines is 1. The SMILES string of the molecule is COC(=O)CCS(=O)(=O)Nc1c(Cl)cc(F)cc1Br. The van der Waals surface area contributed by atoms with Crippen molar-refractivity contribution in [2.75, 3.05) is 17.6 Å². The fraction of sp³-hybridized carbons (Fsp3) is 0.300. The smallest absolute Gasteiger partial charge is 0.306 e. The Kier molecular flexibility index (Phi) is 5.57. The average molecular weight is 375 g/mol. The van der Waals surface area contributed by atoms with Crippen LogP contribution < -0.4 is 4.72 Å². The van der Waals surface area contributed by atoms with Crippen molar-refractivity contribution in [3.63, 3.8) is 0 Å². The lowest BCUT2D eigenvalue weighted by Crippen LogP contribution is -2.20. The molecular weight excluding hydrogens is 365 g/mol. The second-order valence-corrected chi connectivity index (χ2v) is 6.59. The molecule has 1 aromatic carbocycles. The summed E-state index contributed by atoms with van der Waals surface area (Å²) in [5.41, 5.74) is 0.0212. The minimum atomic E-state index is -3.79. The predicted molar refractivity (Wildman–Crippen MR) is 73.2 cm³/mol. The monoisotopic (exact) mass is 373 g/mol. The summed E-state index contributed by atoms with van der Waals surface area (Å²) in [7, 11) is -2.62. The van der Waals surface area contributed by atoms with Gasteiger partial charge in [0, 0.05) is 4.47 Å². The van der Waals surface area contributed by atoms with Gasteiger partial charge < -0.3 is 4.74 Å². The van der Waals surface area contributed by atoms with Crippen molar-refractivity contribution in [2.45, 2.75) is 6.42 Å². The molecule has 0 spiro atoms. The van der Waals surface area contributed by atoms with E-state index in [-0.39, 0.29) is 21.6 Å². The topological polar surface area (TPSA) is 72.5 Å². The Labute approximate surface area is 123 Å². The fourth-order valence-electron chi connectivity index (χ4n) is 1.17. The zero-order valence-corrected chi connectivity index (χ0v) is 12.9. The number of carbonyl (C=O) groups is 1. The lowest BCUT2D eigenvalue weighted by atomic mass is 10.3. The Bertz CT molecular complexity index is 570. The van der Waals surface area contributed by atoms with Gasteiger partial charge in [-0.15, -0.1) is 0 Å². The molecule has 0 heterocycles. The van der Waals surface area contributed by atoms with Gasteiger partial charge in [-0.25, -0.2) is 12.8 Å². The van der Waals surface area contributed by atoms with E-state index in [1.807, 2.05) is 0 Å². The number of hydrogen-bond acceptors (Lipinski definition) is 4. The minimum Gasteiger partial charge on any atom is -0.469 e. The third-order valence-corrected chi connectivity index (χ3v) is 4.25. The van der Waals surface area contributed by atoms with Gasteiger partial charge >= 0.3 is 5.97 Å². The lowest BCUT2D eigenvalue weighted by molar-refractivity contribution is -0.140. The summed E-state index contributed by atoms with van der Waals surface area (Å²) in [6, 6.07) is 2.05. The first-order valence-electron chi connectivity index (χ1n) is 4.97. The molecule has 1 aromatic rings. The van der Waals surface area contributed by atoms with Crippen LogP contribution >= 0.6 is 27.5 Å². The van der Waals surface area contributed by atoms with Crippen LogP contribution in [0, 0.1) is 5.82 Å². The highest BCUT2D eigenvalue weighted by molar-refractivity contribution is 9.10. The van der Waals surface area contributed by atoms with E-state index in [2.05, 4.69) is 25.4 Å². The number of ether oxygens (including phenoxy) is 1. The van der Waals surface area contributed by atoms with Crippen molar-refractivity contribution in [1.29, 1.82) is 0 Å². The second-order valence-electron chi connectivity index (χ2n) is 3.49. The van der Waals surface area contributed by atoms with Gasteiger partial charge in [-0.2, -0.15) is 0 Å². The second kappa shape index (κ2) is 6.53. The van der Waals surface area contributed by atoms with Crippen molar-refractivity contribution in [3.8, 4) is 0 Å². The van der Waals surface area contributed by atoms with Crippen LogP contribution in [-0.2, 0) is 19.6 Å². The van der Waals surface area contributed by atoms with Gasteiger partial charge in [0.1, 0.15) is 5.82 Å². The van der Waals surface area contributed by atoms with Gasteiger partial charge in [0.2, 0.25) is 10.0 Å². The molecule has 0 aliphatic carbocycles. The predicted octanol–water partition coefficient (Wildman–Crippen LogP) is 2.55. The molecule has 5 nitrogen and oxygen atoms in total. The Morgan fingerprint density at radius 1 is 1.53 bits per heavy atom. The largest absolute Gasteiger partial charge is 0.469 e. The number of carbonyl (C=O) groups excluding carboxylic acids is 1. The highest BCUT2D eigenvalue weighted by Gasteiger charge is 2.17. The summed E-state index contributed by atoms with van der Waals surface area (Å²) >= 11 is 8.74. The van der Waals surface area contributed by atoms with Gasteiger partial charge in [0.05, 0.1) is 30.0 Å². The molecule has 0 aliphatic rings. The summed E-state index contributed by atoms with van der Waals surface area (Å²) in [5.74, 6) is -1.70. The van der Waals surface area contributed by atoms with E-state index in [1.165, 1.54) is 0 Å². The number of nitrogens with one attached hydrogen (secondary N) is 1. The Morgan fingerprint density at radius 2 is 2.16 bits per heavy atom. The molecule has 106 valence electrons. The Balaban J connectivity index is 2.87. The number of sulfonamides is 1. The third kappa shape index (κ3) is 4.96. The van der Waals surface area contributed by atoms with E-state index < -0.39 is 27.6 Å². The lowest BCUT2D eigenvalue weighted by Gasteiger charge is -2.11. The zero-order valence-electron chi connectivity index (χ0n) is 9.74. The van der Waals surface area contributed by atoms with Crippen LogP contribution in [-0.4, -0.2) is 27.2 Å². The molecule has 9 heteroatoms. The van der Waals surface area contributed by atoms with Crippen LogP contribution in [0.4, 0.5) is 10.1 Å². The highest BCUT2D eigenvalue weighted by Crippen LogP contribution is 2.32. The maximum absolute atomic E-state index is 13.0. The first kappa shape index (κ1) is 16.2. The first-order chi connectivity index (χ1) is 8.75. The molecule has 1 rings (SSSR count). The number of rotatable bonds is 5. The van der Waals surface area contributed by atoms with Crippen molar-refractivity contribution < 1.29 is 22.3 Å². The van der Waals surface area contributed by atoms with Crippen LogP contribution in [0.3, 0.4) is 0 Å². The van der Waals surface area contributed by atoms with Crippen molar-refractivity contribution in [2.24, 2.45) is 0 Å². The summed E-state index contributed by atoms with van der Waals surface area (Å²) in [6.07, 6.45) is -0.289. The molecule has 1 N–H and O–H groups in total. The third-order valence-electron chi connectivity index (χ3n) is 2.07. The van der Waals surface area contributed by atoms with Gasteiger partial charge in [-0.3, -0.25) is 9.52 Å². The number of hydrogen-bond donors (Lipinski definition) is 1. The van der Waals surface area contributed by atoms with Crippen LogP contribution in [0.2, 0.25) is 5.02 Å². The van der Waals surface area contributed by atoms with Crippen molar-refractivity contribution in [3.05, 3.63) is 27.4 Å². The number of benzene rings is 1. The standard InChI is InChI=1S/C10H10BrClFNO4S/c1-18-9(15)2-3-19(16,17)14-10-7(11)4-6(13)5-8(10)12/h4-5,14H,2-3H2,1H3. The molecule has 0 aromatic heterocycles. The average Bonchev–Trinajstić information content (AvgIpc) is 2.31. The summed E-state index contributed by atoms with van der Waals surface area (Å²) in [5, 5.41) is -0.0893. The fourth-order valence-corrected chi connectivity index (χ4v) is 3.32. The van der Waals surface area contributed by atoms with Gasteiger partial charge in [0.25, 0.3) is 0 Å². The maximum atomic E-state index is 13.0. The number of methoxy groups -OCH3 is 1. The van der Waals surface area contributed by atoms with Crippen LogP contribution in [0.1, 0.15) is 6.42 Å². The van der Waals surface area contributed by atoms with E-state index in [9.17, 15) is 17.6 Å². The number of esters is 1. The van der Waals surface area contributed by atoms with Gasteiger partial charge in [-0.1, -0.05) is 11.6 Å². The maximum Gasteiger partial charge on any atom is 0.306 e. The van der Waals surface area contributed by atoms with Gasteiger partial charge in [0.15, 0.2) is 0 Å². The summed E-state index contributed by atoms with van der Waals surface area (Å²) in [4.78, 5) is 10.9. The molecule has 0 fully saturated rings. The Morgan fingerprint density at radius 3 is 2.68 bits per heavy atom. The van der Waals surface area contributed by atoms with E-state index in [1.54, 1.807) is 0 Å². The number of halogens is 3. The Hall–Kier alpha value is -0.860. The van der Waals surface area contributed by atoms with E-state index >= 15 is 0 Å². The van der Waals surface area contributed by atoms with Crippen LogP contribution in [0.15, 0.2) is 16.6 Å². The molecule has 0 saturated heterocycles. The highest BCUT2D eigenvalue weighted by atomic mass is 79.9. The summed E-state index contributed by atoms with van der Waals surface area (Å²) in [6.45, 7) is 0. The molecule has 0 amide bonds. The van der Waals surface area contributed by atoms with Crippen LogP contribution in [0.5, 0.6) is 0 Å². The summed E-state index contributed by atoms with van der Waals surface area (Å²) < 4.78 is 43.1. The van der Waals surface area contributed by atoms with E-state index in [4.69, 9.17) is 11.6 Å². The normalized spacial score (nSPS) is 11.2. The van der Waals surface area contributed by atoms with E-state index in [0.29, 0.717) is 0 Å². The molecule has 0 unspecified atom stereocenters. The zero-order chi connectivity index (χ0) is 14.6. The molecular formula is C10H10BrClFNO4S. The quantitative estimate of drug-likeness (QED) is 0.804.